The van der Waals surface area contributed by atoms with Crippen LogP contribution < -0.4 is 9.80 Å². The molecule has 3 aliphatic rings. The maximum absolute atomic E-state index is 5.47. The minimum atomic E-state index is 0.777. The van der Waals surface area contributed by atoms with Crippen molar-refractivity contribution in [3.8, 4) is 0 Å². The number of hydrogen-bond acceptors (Lipinski definition) is 7. The van der Waals surface area contributed by atoms with Gasteiger partial charge in [0.1, 0.15) is 5.82 Å². The van der Waals surface area contributed by atoms with E-state index in [4.69, 9.17) is 14.7 Å². The molecule has 1 aromatic heterocycles. The third-order valence-electron chi connectivity index (χ3n) is 4.81. The minimum absolute atomic E-state index is 0.777. The summed E-state index contributed by atoms with van der Waals surface area (Å²) in [5.74, 6) is 3.27. The van der Waals surface area contributed by atoms with Gasteiger partial charge in [-0.2, -0.15) is 4.98 Å². The standard InChI is InChI=1S/C16H25N5OS/c1-19-4-6-20(7-5-19)15-14-13(3-2-12-23-14)17-16(18-15)21-8-10-22-11-9-21/h2-12H2,1H3. The van der Waals surface area contributed by atoms with E-state index in [0.717, 1.165) is 64.9 Å². The van der Waals surface area contributed by atoms with Gasteiger partial charge in [0.15, 0.2) is 0 Å². The molecule has 6 nitrogen and oxygen atoms in total. The number of morpholine rings is 1. The molecule has 2 saturated heterocycles. The lowest BCUT2D eigenvalue weighted by Crippen LogP contribution is -2.45. The van der Waals surface area contributed by atoms with Crippen LogP contribution in [0, 0.1) is 0 Å². The zero-order valence-corrected chi connectivity index (χ0v) is 14.6. The van der Waals surface area contributed by atoms with Gasteiger partial charge < -0.3 is 19.4 Å². The van der Waals surface area contributed by atoms with Gasteiger partial charge in [-0.05, 0) is 25.6 Å². The van der Waals surface area contributed by atoms with Crippen molar-refractivity contribution < 1.29 is 4.74 Å². The molecule has 0 saturated carbocycles. The molecule has 4 rings (SSSR count). The smallest absolute Gasteiger partial charge is 0.227 e. The van der Waals surface area contributed by atoms with Crippen molar-refractivity contribution in [2.75, 3.05) is 75.1 Å². The zero-order valence-electron chi connectivity index (χ0n) is 13.8. The highest BCUT2D eigenvalue weighted by molar-refractivity contribution is 7.99. The first-order chi connectivity index (χ1) is 11.3. The lowest BCUT2D eigenvalue weighted by molar-refractivity contribution is 0.122. The van der Waals surface area contributed by atoms with Gasteiger partial charge in [0.05, 0.1) is 23.8 Å². The Labute approximate surface area is 142 Å². The number of anilines is 2. The molecule has 126 valence electrons. The van der Waals surface area contributed by atoms with Crippen molar-refractivity contribution in [1.29, 1.82) is 0 Å². The van der Waals surface area contributed by atoms with Crippen LogP contribution in [0.4, 0.5) is 11.8 Å². The number of likely N-dealkylation sites (N-methyl/N-ethyl adjacent to an activating group) is 1. The molecule has 0 N–H and O–H groups in total. The van der Waals surface area contributed by atoms with E-state index in [2.05, 4.69) is 21.7 Å². The fraction of sp³-hybridized carbons (Fsp3) is 0.750. The summed E-state index contributed by atoms with van der Waals surface area (Å²) in [7, 11) is 2.20. The average Bonchev–Trinajstić information content (AvgIpc) is 2.62. The maximum Gasteiger partial charge on any atom is 0.227 e. The van der Waals surface area contributed by atoms with Crippen molar-refractivity contribution in [3.05, 3.63) is 5.69 Å². The maximum atomic E-state index is 5.47. The Morgan fingerprint density at radius 3 is 2.52 bits per heavy atom. The number of piperazine rings is 1. The van der Waals surface area contributed by atoms with Crippen LogP contribution in [-0.4, -0.2) is 80.2 Å². The molecule has 4 heterocycles. The molecule has 0 unspecified atom stereocenters. The number of fused-ring (bicyclic) bond motifs is 1. The molecule has 3 aliphatic heterocycles. The van der Waals surface area contributed by atoms with Crippen LogP contribution in [0.2, 0.25) is 0 Å². The molecule has 0 spiro atoms. The van der Waals surface area contributed by atoms with Gasteiger partial charge in [0.25, 0.3) is 0 Å². The number of rotatable bonds is 2. The highest BCUT2D eigenvalue weighted by atomic mass is 32.2. The van der Waals surface area contributed by atoms with E-state index >= 15 is 0 Å². The third kappa shape index (κ3) is 3.27. The summed E-state index contributed by atoms with van der Waals surface area (Å²) in [6.07, 6.45) is 2.31. The lowest BCUT2D eigenvalue weighted by atomic mass is 10.2. The van der Waals surface area contributed by atoms with Crippen molar-refractivity contribution in [1.82, 2.24) is 14.9 Å². The normalized spacial score (nSPS) is 23.0. The topological polar surface area (TPSA) is 44.7 Å². The molecule has 0 amide bonds. The molecule has 0 atom stereocenters. The first-order valence-electron chi connectivity index (χ1n) is 8.61. The number of aryl methyl sites for hydroxylation is 1. The Morgan fingerprint density at radius 2 is 1.74 bits per heavy atom. The van der Waals surface area contributed by atoms with Gasteiger partial charge in [0, 0.05) is 39.3 Å². The summed E-state index contributed by atoms with van der Waals surface area (Å²) in [5.41, 5.74) is 1.26. The quantitative estimate of drug-likeness (QED) is 0.802. The van der Waals surface area contributed by atoms with Crippen LogP contribution in [-0.2, 0) is 11.2 Å². The monoisotopic (exact) mass is 335 g/mol. The van der Waals surface area contributed by atoms with Crippen molar-refractivity contribution >= 4 is 23.5 Å². The molecule has 23 heavy (non-hydrogen) atoms. The van der Waals surface area contributed by atoms with Gasteiger partial charge >= 0.3 is 0 Å². The highest BCUT2D eigenvalue weighted by Crippen LogP contribution is 2.37. The molecule has 0 aromatic carbocycles. The molecule has 2 fully saturated rings. The Kier molecular flexibility index (Phi) is 4.59. The zero-order chi connectivity index (χ0) is 15.6. The van der Waals surface area contributed by atoms with Crippen molar-refractivity contribution in [2.24, 2.45) is 0 Å². The summed E-state index contributed by atoms with van der Waals surface area (Å²) in [5, 5.41) is 0. The van der Waals surface area contributed by atoms with Crippen LogP contribution in [0.1, 0.15) is 12.1 Å². The SMILES string of the molecule is CN1CCN(c2nc(N3CCOCC3)nc3c2SCCC3)CC1. The number of thioether (sulfide) groups is 1. The average molecular weight is 335 g/mol. The second kappa shape index (κ2) is 6.83. The van der Waals surface area contributed by atoms with E-state index in [9.17, 15) is 0 Å². The third-order valence-corrected chi connectivity index (χ3v) is 6.01. The molecular weight excluding hydrogens is 310 g/mol. The Hall–Kier alpha value is -1.05. The van der Waals surface area contributed by atoms with E-state index in [1.807, 2.05) is 11.8 Å². The fourth-order valence-corrected chi connectivity index (χ4v) is 4.45. The first-order valence-corrected chi connectivity index (χ1v) is 9.60. The van der Waals surface area contributed by atoms with E-state index in [-0.39, 0.29) is 0 Å². The number of ether oxygens (including phenoxy) is 1. The fourth-order valence-electron chi connectivity index (χ4n) is 3.34. The summed E-state index contributed by atoms with van der Waals surface area (Å²) < 4.78 is 5.47. The van der Waals surface area contributed by atoms with Crippen LogP contribution >= 0.6 is 11.8 Å². The highest BCUT2D eigenvalue weighted by Gasteiger charge is 2.26. The van der Waals surface area contributed by atoms with Crippen LogP contribution in [0.3, 0.4) is 0 Å². The van der Waals surface area contributed by atoms with Gasteiger partial charge in [0.2, 0.25) is 5.95 Å². The number of nitrogens with zero attached hydrogens (tertiary/aromatic N) is 5. The van der Waals surface area contributed by atoms with Crippen molar-refractivity contribution in [2.45, 2.75) is 17.7 Å². The molecule has 1 aromatic rings. The second-order valence-electron chi connectivity index (χ2n) is 6.46. The van der Waals surface area contributed by atoms with E-state index in [0.29, 0.717) is 0 Å². The summed E-state index contributed by atoms with van der Waals surface area (Å²) in [6, 6.07) is 0. The molecule has 0 aliphatic carbocycles. The van der Waals surface area contributed by atoms with Gasteiger partial charge in [-0.3, -0.25) is 0 Å². The van der Waals surface area contributed by atoms with E-state index < -0.39 is 0 Å². The second-order valence-corrected chi connectivity index (χ2v) is 7.57. The van der Waals surface area contributed by atoms with Gasteiger partial charge in [-0.25, -0.2) is 4.98 Å². The molecule has 7 heteroatoms. The molecular formula is C16H25N5OS. The lowest BCUT2D eigenvalue weighted by Gasteiger charge is -2.36. The van der Waals surface area contributed by atoms with Crippen LogP contribution in [0.5, 0.6) is 0 Å². The summed E-state index contributed by atoms with van der Waals surface area (Å²) in [6.45, 7) is 7.68. The molecule has 0 bridgehead atoms. The minimum Gasteiger partial charge on any atom is -0.378 e. The Balaban J connectivity index is 1.67. The van der Waals surface area contributed by atoms with Crippen molar-refractivity contribution in [3.63, 3.8) is 0 Å². The van der Waals surface area contributed by atoms with E-state index in [1.54, 1.807) is 0 Å². The summed E-state index contributed by atoms with van der Waals surface area (Å²) in [4.78, 5) is 18.4. The first kappa shape index (κ1) is 15.5. The molecule has 0 radical (unpaired) electrons. The van der Waals surface area contributed by atoms with Crippen LogP contribution in [0.15, 0.2) is 4.90 Å². The Morgan fingerprint density at radius 1 is 0.957 bits per heavy atom. The van der Waals surface area contributed by atoms with Gasteiger partial charge in [-0.15, -0.1) is 11.8 Å². The summed E-state index contributed by atoms with van der Waals surface area (Å²) >= 11 is 1.94. The van der Waals surface area contributed by atoms with Gasteiger partial charge in [-0.1, -0.05) is 0 Å². The largest absolute Gasteiger partial charge is 0.378 e. The Bertz CT molecular complexity index is 556. The number of hydrogen-bond donors (Lipinski definition) is 0. The number of aromatic nitrogens is 2. The van der Waals surface area contributed by atoms with E-state index in [1.165, 1.54) is 28.6 Å². The van der Waals surface area contributed by atoms with Crippen LogP contribution in [0.25, 0.3) is 0 Å². The predicted octanol–water partition coefficient (Wildman–Crippen LogP) is 1.10. The predicted molar refractivity (Wildman–Crippen MR) is 93.8 cm³/mol.